The monoisotopic (exact) mass is 438 g/mol. The molecule has 0 saturated heterocycles. The minimum Gasteiger partial charge on any atom is -0.496 e. The van der Waals surface area contributed by atoms with E-state index >= 15 is 0 Å². The Balaban J connectivity index is 1.60. The maximum Gasteiger partial charge on any atom is 0.313 e. The number of carbonyl (C=O) groups is 3. The highest BCUT2D eigenvalue weighted by Crippen LogP contribution is 2.24. The van der Waals surface area contributed by atoms with Crippen molar-refractivity contribution in [3.8, 4) is 11.5 Å². The van der Waals surface area contributed by atoms with Crippen molar-refractivity contribution < 1.29 is 23.9 Å². The predicted octanol–water partition coefficient (Wildman–Crippen LogP) is 4.18. The summed E-state index contributed by atoms with van der Waals surface area (Å²) in [6.45, 7) is 1.41. The molecule has 0 radical (unpaired) electrons. The summed E-state index contributed by atoms with van der Waals surface area (Å²) in [5.41, 5.74) is 0.962. The van der Waals surface area contributed by atoms with Gasteiger partial charge in [0.2, 0.25) is 5.91 Å². The first kappa shape index (κ1) is 22.0. The number of hydrogen-bond donors (Lipinski definition) is 2. The molecule has 2 N–H and O–H groups in total. The highest BCUT2D eigenvalue weighted by atomic mass is 32.1. The molecule has 2 aromatic carbocycles. The summed E-state index contributed by atoms with van der Waals surface area (Å²) < 4.78 is 10.6. The first-order valence-corrected chi connectivity index (χ1v) is 10.4. The number of benzene rings is 2. The predicted molar refractivity (Wildman–Crippen MR) is 119 cm³/mol. The van der Waals surface area contributed by atoms with Crippen molar-refractivity contribution >= 4 is 34.8 Å². The van der Waals surface area contributed by atoms with E-state index in [1.54, 1.807) is 48.5 Å². The van der Waals surface area contributed by atoms with E-state index in [9.17, 15) is 14.4 Å². The van der Waals surface area contributed by atoms with Gasteiger partial charge in [0.25, 0.3) is 5.91 Å². The number of rotatable bonds is 8. The van der Waals surface area contributed by atoms with E-state index in [-0.39, 0.29) is 18.2 Å². The smallest absolute Gasteiger partial charge is 0.313 e. The molecule has 3 rings (SSSR count). The average Bonchev–Trinajstić information content (AvgIpc) is 3.29. The van der Waals surface area contributed by atoms with Crippen molar-refractivity contribution in [2.45, 2.75) is 19.4 Å². The van der Waals surface area contributed by atoms with Crippen LogP contribution in [0.15, 0.2) is 66.0 Å². The topological polar surface area (TPSA) is 93.7 Å². The fourth-order valence-electron chi connectivity index (χ4n) is 2.93. The average molecular weight is 439 g/mol. The van der Waals surface area contributed by atoms with Gasteiger partial charge in [-0.25, -0.2) is 0 Å². The van der Waals surface area contributed by atoms with Crippen LogP contribution in [0.5, 0.6) is 11.5 Å². The van der Waals surface area contributed by atoms with Gasteiger partial charge in [-0.15, -0.1) is 11.3 Å². The van der Waals surface area contributed by atoms with Crippen molar-refractivity contribution in [2.75, 3.05) is 12.4 Å². The zero-order chi connectivity index (χ0) is 22.2. The van der Waals surface area contributed by atoms with Crippen LogP contribution in [0.4, 0.5) is 5.69 Å². The minimum absolute atomic E-state index is 0.00633. The number of methoxy groups -OCH3 is 1. The van der Waals surface area contributed by atoms with E-state index in [1.165, 1.54) is 25.4 Å². The molecule has 1 atom stereocenters. The fourth-order valence-corrected chi connectivity index (χ4v) is 3.71. The molecule has 0 aliphatic carbocycles. The number of para-hydroxylation sites is 1. The second kappa shape index (κ2) is 10.4. The minimum atomic E-state index is -0.474. The van der Waals surface area contributed by atoms with Crippen LogP contribution in [0.1, 0.15) is 34.6 Å². The second-order valence-corrected chi connectivity index (χ2v) is 7.60. The molecule has 2 amide bonds. The van der Waals surface area contributed by atoms with Gasteiger partial charge >= 0.3 is 5.97 Å². The van der Waals surface area contributed by atoms with Crippen LogP contribution in [-0.4, -0.2) is 24.9 Å². The molecule has 0 aliphatic heterocycles. The van der Waals surface area contributed by atoms with Crippen LogP contribution in [0.25, 0.3) is 0 Å². The van der Waals surface area contributed by atoms with Gasteiger partial charge in [0, 0.05) is 17.5 Å². The maximum atomic E-state index is 12.5. The molecule has 31 heavy (non-hydrogen) atoms. The Morgan fingerprint density at radius 3 is 2.39 bits per heavy atom. The Morgan fingerprint density at radius 2 is 1.74 bits per heavy atom. The molecule has 0 aliphatic rings. The zero-order valence-corrected chi connectivity index (χ0v) is 17.9. The molecule has 8 heteroatoms. The Bertz CT molecular complexity index is 1050. The van der Waals surface area contributed by atoms with Crippen LogP contribution in [0, 0.1) is 0 Å². The van der Waals surface area contributed by atoms with E-state index in [0.717, 1.165) is 4.88 Å². The molecular weight excluding hydrogens is 416 g/mol. The summed E-state index contributed by atoms with van der Waals surface area (Å²) in [5, 5.41) is 7.43. The molecule has 7 nitrogen and oxygen atoms in total. The molecule has 0 bridgehead atoms. The van der Waals surface area contributed by atoms with Crippen molar-refractivity contribution in [1.29, 1.82) is 0 Å². The van der Waals surface area contributed by atoms with Crippen LogP contribution in [0.3, 0.4) is 0 Å². The maximum absolute atomic E-state index is 12.5. The van der Waals surface area contributed by atoms with Gasteiger partial charge in [-0.3, -0.25) is 14.4 Å². The molecule has 1 aromatic heterocycles. The van der Waals surface area contributed by atoms with Gasteiger partial charge in [-0.05, 0) is 47.8 Å². The SMILES string of the molecule is COc1ccccc1C(=O)Nc1ccc(OC(=O)C[C@@H](NC(C)=O)c2cccs2)cc1. The van der Waals surface area contributed by atoms with E-state index in [0.29, 0.717) is 22.7 Å². The third-order valence-electron chi connectivity index (χ3n) is 4.33. The number of amides is 2. The van der Waals surface area contributed by atoms with Gasteiger partial charge < -0.3 is 20.1 Å². The molecule has 3 aromatic rings. The molecule has 0 unspecified atom stereocenters. The molecule has 1 heterocycles. The lowest BCUT2D eigenvalue weighted by molar-refractivity contribution is -0.135. The van der Waals surface area contributed by atoms with E-state index in [1.807, 2.05) is 17.5 Å². The highest BCUT2D eigenvalue weighted by molar-refractivity contribution is 7.10. The first-order valence-electron chi connectivity index (χ1n) is 9.52. The lowest BCUT2D eigenvalue weighted by Gasteiger charge is -2.15. The summed E-state index contributed by atoms with van der Waals surface area (Å²) in [4.78, 5) is 37.2. The van der Waals surface area contributed by atoms with Crippen LogP contribution in [0.2, 0.25) is 0 Å². The lowest BCUT2D eigenvalue weighted by atomic mass is 10.1. The Morgan fingerprint density at radius 1 is 1.00 bits per heavy atom. The number of esters is 1. The zero-order valence-electron chi connectivity index (χ0n) is 17.1. The van der Waals surface area contributed by atoms with Crippen molar-refractivity contribution in [2.24, 2.45) is 0 Å². The first-order chi connectivity index (χ1) is 15.0. The summed E-state index contributed by atoms with van der Waals surface area (Å²) in [7, 11) is 1.50. The largest absolute Gasteiger partial charge is 0.496 e. The highest BCUT2D eigenvalue weighted by Gasteiger charge is 2.19. The van der Waals surface area contributed by atoms with Crippen LogP contribution < -0.4 is 20.1 Å². The Hall–Kier alpha value is -3.65. The summed E-state index contributed by atoms with van der Waals surface area (Å²) in [6.07, 6.45) is 0.00633. The van der Waals surface area contributed by atoms with Gasteiger partial charge in [-0.1, -0.05) is 18.2 Å². The molecule has 0 saturated carbocycles. The normalized spacial score (nSPS) is 11.3. The molecule has 0 spiro atoms. The second-order valence-electron chi connectivity index (χ2n) is 6.63. The van der Waals surface area contributed by atoms with Crippen molar-refractivity contribution in [3.63, 3.8) is 0 Å². The molecule has 160 valence electrons. The third kappa shape index (κ3) is 6.16. The lowest BCUT2D eigenvalue weighted by Crippen LogP contribution is -2.28. The van der Waals surface area contributed by atoms with E-state index < -0.39 is 12.0 Å². The number of ether oxygens (including phenoxy) is 2. The van der Waals surface area contributed by atoms with Crippen molar-refractivity contribution in [3.05, 3.63) is 76.5 Å². The summed E-state index contributed by atoms with van der Waals surface area (Å²) in [5.74, 6) is -0.186. The van der Waals surface area contributed by atoms with Crippen LogP contribution >= 0.6 is 11.3 Å². The Kier molecular flexibility index (Phi) is 7.40. The molecular formula is C23H22N2O5S. The number of thiophene rings is 1. The number of nitrogens with one attached hydrogen (secondary N) is 2. The van der Waals surface area contributed by atoms with E-state index in [2.05, 4.69) is 10.6 Å². The third-order valence-corrected chi connectivity index (χ3v) is 5.32. The quantitative estimate of drug-likeness (QED) is 0.406. The number of hydrogen-bond acceptors (Lipinski definition) is 6. The van der Waals surface area contributed by atoms with Gasteiger partial charge in [0.15, 0.2) is 0 Å². The van der Waals surface area contributed by atoms with Crippen LogP contribution in [-0.2, 0) is 9.59 Å². The molecule has 0 fully saturated rings. The Labute approximate surface area is 184 Å². The number of carbonyl (C=O) groups excluding carboxylic acids is 3. The van der Waals surface area contributed by atoms with Gasteiger partial charge in [0.1, 0.15) is 11.5 Å². The van der Waals surface area contributed by atoms with Crippen molar-refractivity contribution in [1.82, 2.24) is 5.32 Å². The number of anilines is 1. The standard InChI is InChI=1S/C23H22N2O5S/c1-15(26)24-19(21-8-5-13-31-21)14-22(27)30-17-11-9-16(10-12-17)25-23(28)18-6-3-4-7-20(18)29-2/h3-13,19H,14H2,1-2H3,(H,24,26)(H,25,28)/t19-/m1/s1. The summed E-state index contributed by atoms with van der Waals surface area (Å²) in [6, 6.07) is 16.7. The van der Waals surface area contributed by atoms with Gasteiger partial charge in [-0.2, -0.15) is 0 Å². The summed E-state index contributed by atoms with van der Waals surface area (Å²) >= 11 is 1.46. The van der Waals surface area contributed by atoms with Gasteiger partial charge in [0.05, 0.1) is 25.1 Å². The fraction of sp³-hybridized carbons (Fsp3) is 0.174. The van der Waals surface area contributed by atoms with E-state index in [4.69, 9.17) is 9.47 Å².